The second kappa shape index (κ2) is 5.05. The van der Waals surface area contributed by atoms with Crippen LogP contribution in [0.4, 0.5) is 14.7 Å². The number of rotatable bonds is 1. The van der Waals surface area contributed by atoms with Gasteiger partial charge >= 0.3 is 0 Å². The summed E-state index contributed by atoms with van der Waals surface area (Å²) < 4.78 is 27.1. The Kier molecular flexibility index (Phi) is 3.47. The molecule has 0 atom stereocenters. The van der Waals surface area contributed by atoms with Crippen molar-refractivity contribution in [3.63, 3.8) is 0 Å². The van der Waals surface area contributed by atoms with Gasteiger partial charge < -0.3 is 4.90 Å². The maximum atomic E-state index is 13.2. The quantitative estimate of drug-likeness (QED) is 0.852. The third-order valence-corrected chi connectivity index (χ3v) is 4.29. The van der Waals surface area contributed by atoms with Crippen LogP contribution in [-0.4, -0.2) is 29.0 Å². The summed E-state index contributed by atoms with van der Waals surface area (Å²) >= 11 is 3.40. The van der Waals surface area contributed by atoms with Crippen LogP contribution in [0.5, 0.6) is 0 Å². The maximum absolute atomic E-state index is 13.2. The van der Waals surface area contributed by atoms with Crippen LogP contribution in [0, 0.1) is 6.92 Å². The number of H-pyrrole nitrogens is 1. The second-order valence-corrected chi connectivity index (χ2v) is 6.23. The summed E-state index contributed by atoms with van der Waals surface area (Å²) in [6, 6.07) is 3.64. The first-order valence-corrected chi connectivity index (χ1v) is 7.48. The van der Waals surface area contributed by atoms with Crippen molar-refractivity contribution >= 4 is 32.8 Å². The molecule has 2 heterocycles. The van der Waals surface area contributed by atoms with Gasteiger partial charge in [-0.2, -0.15) is 0 Å². The molecule has 21 heavy (non-hydrogen) atoms. The molecule has 1 aromatic heterocycles. The maximum Gasteiger partial charge on any atom is 0.260 e. The summed E-state index contributed by atoms with van der Waals surface area (Å²) in [6.07, 6.45) is -0.437. The van der Waals surface area contributed by atoms with Gasteiger partial charge in [0.05, 0.1) is 10.9 Å². The molecule has 2 aromatic rings. The Labute approximate surface area is 128 Å². The number of aryl methyl sites for hydroxylation is 1. The van der Waals surface area contributed by atoms with E-state index < -0.39 is 5.92 Å². The first-order valence-electron chi connectivity index (χ1n) is 6.69. The Morgan fingerprint density at radius 2 is 2.00 bits per heavy atom. The summed E-state index contributed by atoms with van der Waals surface area (Å²) in [5.41, 5.74) is 1.25. The zero-order chi connectivity index (χ0) is 15.2. The number of aromatic nitrogens is 2. The molecule has 0 bridgehead atoms. The van der Waals surface area contributed by atoms with E-state index in [-0.39, 0.29) is 31.5 Å². The van der Waals surface area contributed by atoms with E-state index in [0.717, 1.165) is 10.0 Å². The van der Waals surface area contributed by atoms with Gasteiger partial charge in [0.1, 0.15) is 0 Å². The van der Waals surface area contributed by atoms with Gasteiger partial charge in [-0.05, 0) is 40.5 Å². The molecule has 3 rings (SSSR count). The molecule has 1 aliphatic rings. The number of nitrogens with one attached hydrogen (secondary N) is 1. The lowest BCUT2D eigenvalue weighted by Gasteiger charge is -2.32. The molecule has 4 nitrogen and oxygen atoms in total. The molecule has 0 radical (unpaired) electrons. The van der Waals surface area contributed by atoms with Crippen LogP contribution in [0.3, 0.4) is 0 Å². The van der Waals surface area contributed by atoms with E-state index in [1.54, 1.807) is 11.0 Å². The number of halogens is 3. The number of nitrogens with zero attached hydrogens (tertiary/aromatic N) is 2. The highest BCUT2D eigenvalue weighted by atomic mass is 79.9. The van der Waals surface area contributed by atoms with Crippen LogP contribution in [0.2, 0.25) is 0 Å². The molecular weight excluding hydrogens is 344 g/mol. The van der Waals surface area contributed by atoms with E-state index in [1.807, 2.05) is 13.0 Å². The lowest BCUT2D eigenvalue weighted by molar-refractivity contribution is -0.0222. The average Bonchev–Trinajstić information content (AvgIpc) is 2.40. The fraction of sp³-hybridized carbons (Fsp3) is 0.429. The number of benzene rings is 1. The number of aromatic amines is 1. The lowest BCUT2D eigenvalue weighted by atomic mass is 10.1. The molecule has 1 aromatic carbocycles. The van der Waals surface area contributed by atoms with Crippen LogP contribution in [-0.2, 0) is 0 Å². The summed E-state index contributed by atoms with van der Waals surface area (Å²) in [7, 11) is 0. The Hall–Kier alpha value is -1.50. The van der Waals surface area contributed by atoms with Crippen LogP contribution in [0.15, 0.2) is 21.4 Å². The number of anilines is 1. The highest BCUT2D eigenvalue weighted by molar-refractivity contribution is 9.10. The Bertz CT molecular complexity index is 750. The van der Waals surface area contributed by atoms with Crippen molar-refractivity contribution in [3.8, 4) is 0 Å². The second-order valence-electron chi connectivity index (χ2n) is 5.38. The van der Waals surface area contributed by atoms with E-state index in [2.05, 4.69) is 25.9 Å². The van der Waals surface area contributed by atoms with Crippen molar-refractivity contribution < 1.29 is 8.78 Å². The average molecular weight is 358 g/mol. The van der Waals surface area contributed by atoms with E-state index in [1.165, 1.54) is 0 Å². The number of hydrogen-bond donors (Lipinski definition) is 1. The SMILES string of the molecule is Cc1cc(Br)c2nc(N3CCC(F)(F)CC3)[nH]c(=O)c2c1. The largest absolute Gasteiger partial charge is 0.342 e. The van der Waals surface area contributed by atoms with Gasteiger partial charge in [0.15, 0.2) is 0 Å². The van der Waals surface area contributed by atoms with Gasteiger partial charge in [0.25, 0.3) is 11.5 Å². The fourth-order valence-corrected chi connectivity index (χ4v) is 3.18. The highest BCUT2D eigenvalue weighted by Gasteiger charge is 2.34. The van der Waals surface area contributed by atoms with Crippen LogP contribution in [0.1, 0.15) is 18.4 Å². The molecule has 1 N–H and O–H groups in total. The minimum Gasteiger partial charge on any atom is -0.342 e. The van der Waals surface area contributed by atoms with Crippen molar-refractivity contribution in [1.29, 1.82) is 0 Å². The van der Waals surface area contributed by atoms with Gasteiger partial charge in [-0.3, -0.25) is 9.78 Å². The Morgan fingerprint density at radius 1 is 1.33 bits per heavy atom. The zero-order valence-corrected chi connectivity index (χ0v) is 13.0. The van der Waals surface area contributed by atoms with Gasteiger partial charge in [-0.15, -0.1) is 0 Å². The molecule has 0 amide bonds. The third-order valence-electron chi connectivity index (χ3n) is 3.69. The smallest absolute Gasteiger partial charge is 0.260 e. The normalized spacial score (nSPS) is 18.2. The van der Waals surface area contributed by atoms with Crippen molar-refractivity contribution in [2.75, 3.05) is 18.0 Å². The summed E-state index contributed by atoms with van der Waals surface area (Å²) in [6.45, 7) is 2.26. The summed E-state index contributed by atoms with van der Waals surface area (Å²) in [4.78, 5) is 21.0. The third kappa shape index (κ3) is 2.79. The van der Waals surface area contributed by atoms with Crippen LogP contribution < -0.4 is 10.5 Å². The van der Waals surface area contributed by atoms with E-state index in [0.29, 0.717) is 16.9 Å². The van der Waals surface area contributed by atoms with E-state index >= 15 is 0 Å². The van der Waals surface area contributed by atoms with Crippen molar-refractivity contribution in [1.82, 2.24) is 9.97 Å². The first-order chi connectivity index (χ1) is 9.85. The molecular formula is C14H14BrF2N3O. The van der Waals surface area contributed by atoms with Gasteiger partial charge in [-0.1, -0.05) is 0 Å². The minimum absolute atomic E-state index is 0.185. The molecule has 1 aliphatic heterocycles. The number of fused-ring (bicyclic) bond motifs is 1. The van der Waals surface area contributed by atoms with Crippen LogP contribution in [0.25, 0.3) is 10.9 Å². The van der Waals surface area contributed by atoms with Gasteiger partial charge in [0, 0.05) is 30.4 Å². The Balaban J connectivity index is 2.04. The van der Waals surface area contributed by atoms with E-state index in [4.69, 9.17) is 0 Å². The molecule has 1 saturated heterocycles. The molecule has 0 aliphatic carbocycles. The van der Waals surface area contributed by atoms with Gasteiger partial charge in [-0.25, -0.2) is 13.8 Å². The molecule has 0 unspecified atom stereocenters. The molecule has 0 saturated carbocycles. The predicted molar refractivity (Wildman–Crippen MR) is 81.2 cm³/mol. The van der Waals surface area contributed by atoms with Crippen molar-refractivity contribution in [2.45, 2.75) is 25.7 Å². The zero-order valence-electron chi connectivity index (χ0n) is 11.4. The van der Waals surface area contributed by atoms with Crippen LogP contribution >= 0.6 is 15.9 Å². The van der Waals surface area contributed by atoms with Crippen molar-refractivity contribution in [3.05, 3.63) is 32.5 Å². The number of alkyl halides is 2. The number of piperidine rings is 1. The monoisotopic (exact) mass is 357 g/mol. The predicted octanol–water partition coefficient (Wildman–Crippen LogP) is 3.23. The Morgan fingerprint density at radius 3 is 2.67 bits per heavy atom. The first kappa shape index (κ1) is 14.4. The van der Waals surface area contributed by atoms with Gasteiger partial charge in [0.2, 0.25) is 5.95 Å². The standard InChI is InChI=1S/C14H14BrF2N3O/c1-8-6-9-11(10(15)7-8)18-13(19-12(9)21)20-4-2-14(16,17)3-5-20/h6-7H,2-5H2,1H3,(H,18,19,21). The summed E-state index contributed by atoms with van der Waals surface area (Å²) in [5, 5.41) is 0.493. The van der Waals surface area contributed by atoms with E-state index in [9.17, 15) is 13.6 Å². The molecule has 112 valence electrons. The minimum atomic E-state index is -2.62. The molecule has 0 spiro atoms. The van der Waals surface area contributed by atoms with Crippen molar-refractivity contribution in [2.24, 2.45) is 0 Å². The summed E-state index contributed by atoms with van der Waals surface area (Å²) in [5.74, 6) is -2.27. The highest BCUT2D eigenvalue weighted by Crippen LogP contribution is 2.30. The lowest BCUT2D eigenvalue weighted by Crippen LogP contribution is -2.40. The number of hydrogen-bond acceptors (Lipinski definition) is 3. The molecule has 1 fully saturated rings. The molecule has 7 heteroatoms. The topological polar surface area (TPSA) is 49.0 Å². The fourth-order valence-electron chi connectivity index (χ4n) is 2.52.